The highest BCUT2D eigenvalue weighted by molar-refractivity contribution is 7.15. The van der Waals surface area contributed by atoms with Crippen molar-refractivity contribution in [1.82, 2.24) is 10.3 Å². The molecule has 0 amide bonds. The van der Waals surface area contributed by atoms with Crippen LogP contribution in [0.1, 0.15) is 30.8 Å². The highest BCUT2D eigenvalue weighted by Gasteiger charge is 2.19. The monoisotopic (exact) mass is 315 g/mol. The van der Waals surface area contributed by atoms with E-state index in [1.807, 2.05) is 0 Å². The molecule has 1 heterocycles. The van der Waals surface area contributed by atoms with Crippen LogP contribution in [-0.2, 0) is 16.0 Å². The van der Waals surface area contributed by atoms with Crippen molar-refractivity contribution >= 4 is 16.5 Å². The molecule has 122 valence electrons. The molecular weight excluding hydrogens is 286 g/mol. The van der Waals surface area contributed by atoms with E-state index in [0.29, 0.717) is 13.2 Å². The van der Waals surface area contributed by atoms with Gasteiger partial charge in [-0.15, -0.1) is 11.3 Å². The molecular formula is C15H29N3O2S. The minimum atomic E-state index is 0.284. The van der Waals surface area contributed by atoms with Crippen molar-refractivity contribution in [3.63, 3.8) is 0 Å². The fourth-order valence-corrected chi connectivity index (χ4v) is 3.26. The Morgan fingerprint density at radius 3 is 2.71 bits per heavy atom. The molecule has 1 atom stereocenters. The molecule has 0 bridgehead atoms. The van der Waals surface area contributed by atoms with Gasteiger partial charge in [0.25, 0.3) is 0 Å². The second kappa shape index (κ2) is 10.1. The van der Waals surface area contributed by atoms with Gasteiger partial charge in [-0.25, -0.2) is 4.98 Å². The predicted molar refractivity (Wildman–Crippen MR) is 89.4 cm³/mol. The van der Waals surface area contributed by atoms with E-state index in [1.54, 1.807) is 25.6 Å². The molecule has 0 radical (unpaired) electrons. The van der Waals surface area contributed by atoms with Gasteiger partial charge in [-0.05, 0) is 26.8 Å². The minimum Gasteiger partial charge on any atom is -0.383 e. The Bertz CT molecular complexity index is 398. The third-order valence-corrected chi connectivity index (χ3v) is 4.51. The molecule has 0 spiro atoms. The molecule has 0 aliphatic carbocycles. The number of aromatic nitrogens is 1. The normalized spacial score (nSPS) is 12.6. The molecule has 0 fully saturated rings. The molecule has 1 rings (SSSR count). The van der Waals surface area contributed by atoms with Crippen LogP contribution in [0.4, 0.5) is 5.13 Å². The Morgan fingerprint density at radius 2 is 2.10 bits per heavy atom. The van der Waals surface area contributed by atoms with Crippen LogP contribution in [0.5, 0.6) is 0 Å². The van der Waals surface area contributed by atoms with Gasteiger partial charge in [0.15, 0.2) is 5.13 Å². The van der Waals surface area contributed by atoms with E-state index in [0.717, 1.165) is 36.9 Å². The van der Waals surface area contributed by atoms with E-state index in [9.17, 15) is 0 Å². The van der Waals surface area contributed by atoms with Gasteiger partial charge >= 0.3 is 0 Å². The summed E-state index contributed by atoms with van der Waals surface area (Å²) in [6.45, 7) is 10.6. The van der Waals surface area contributed by atoms with Crippen LogP contribution < -0.4 is 10.2 Å². The molecule has 1 aromatic heterocycles. The van der Waals surface area contributed by atoms with Gasteiger partial charge in [-0.2, -0.15) is 0 Å². The summed E-state index contributed by atoms with van der Waals surface area (Å²) in [7, 11) is 3.46. The summed E-state index contributed by atoms with van der Waals surface area (Å²) < 4.78 is 10.5. The van der Waals surface area contributed by atoms with Gasteiger partial charge < -0.3 is 19.7 Å². The molecule has 21 heavy (non-hydrogen) atoms. The lowest BCUT2D eigenvalue weighted by Gasteiger charge is -2.28. The maximum Gasteiger partial charge on any atom is 0.186 e. The highest BCUT2D eigenvalue weighted by Crippen LogP contribution is 2.27. The van der Waals surface area contributed by atoms with Crippen LogP contribution in [0.2, 0.25) is 0 Å². The fourth-order valence-electron chi connectivity index (χ4n) is 2.10. The van der Waals surface area contributed by atoms with Crippen LogP contribution in [-0.4, -0.2) is 51.5 Å². The molecule has 0 aliphatic rings. The Balaban J connectivity index is 2.78. The zero-order valence-corrected chi connectivity index (χ0v) is 14.8. The molecule has 1 unspecified atom stereocenters. The third kappa shape index (κ3) is 5.90. The van der Waals surface area contributed by atoms with Crippen LogP contribution in [0.25, 0.3) is 0 Å². The summed E-state index contributed by atoms with van der Waals surface area (Å²) >= 11 is 1.76. The highest BCUT2D eigenvalue weighted by atomic mass is 32.1. The lowest BCUT2D eigenvalue weighted by Crippen LogP contribution is -2.38. The van der Waals surface area contributed by atoms with Gasteiger partial charge in [0.05, 0.1) is 24.9 Å². The van der Waals surface area contributed by atoms with E-state index in [-0.39, 0.29) is 6.04 Å². The van der Waals surface area contributed by atoms with Gasteiger partial charge in [-0.1, -0.05) is 6.92 Å². The molecule has 1 aromatic rings. The molecule has 0 aromatic carbocycles. The standard InChI is InChI=1S/C15H29N3O2S/c1-6-7-16-10-14-13(3)17-15(21-14)18(8-9-19-4)12(2)11-20-5/h12,16H,6-11H2,1-5H3. The van der Waals surface area contributed by atoms with Crippen molar-refractivity contribution in [1.29, 1.82) is 0 Å². The number of rotatable bonds is 11. The number of thiazole rings is 1. The molecule has 1 N–H and O–H groups in total. The van der Waals surface area contributed by atoms with Crippen LogP contribution in [0, 0.1) is 6.92 Å². The zero-order valence-electron chi connectivity index (χ0n) is 13.9. The van der Waals surface area contributed by atoms with Crippen molar-refractivity contribution < 1.29 is 9.47 Å². The average molecular weight is 315 g/mol. The van der Waals surface area contributed by atoms with E-state index in [2.05, 4.69) is 31.0 Å². The molecule has 6 heteroatoms. The van der Waals surface area contributed by atoms with Crippen LogP contribution >= 0.6 is 11.3 Å². The van der Waals surface area contributed by atoms with Gasteiger partial charge in [-0.3, -0.25) is 0 Å². The first-order valence-corrected chi connectivity index (χ1v) is 8.37. The summed E-state index contributed by atoms with van der Waals surface area (Å²) in [4.78, 5) is 8.32. The smallest absolute Gasteiger partial charge is 0.186 e. The number of nitrogens with one attached hydrogen (secondary N) is 1. The molecule has 0 saturated carbocycles. The van der Waals surface area contributed by atoms with Gasteiger partial charge in [0.1, 0.15) is 0 Å². The van der Waals surface area contributed by atoms with E-state index < -0.39 is 0 Å². The number of aryl methyl sites for hydroxylation is 1. The molecule has 0 aliphatic heterocycles. The maximum atomic E-state index is 5.28. The largest absolute Gasteiger partial charge is 0.383 e. The number of hydrogen-bond donors (Lipinski definition) is 1. The van der Waals surface area contributed by atoms with Crippen molar-refractivity contribution in [3.8, 4) is 0 Å². The van der Waals surface area contributed by atoms with E-state index in [4.69, 9.17) is 14.5 Å². The first kappa shape index (κ1) is 18.4. The quantitative estimate of drug-likeness (QED) is 0.636. The lowest BCUT2D eigenvalue weighted by molar-refractivity contribution is 0.171. The Hall–Kier alpha value is -0.690. The van der Waals surface area contributed by atoms with Crippen molar-refractivity contribution in [2.24, 2.45) is 0 Å². The number of ether oxygens (including phenoxy) is 2. The number of hydrogen-bond acceptors (Lipinski definition) is 6. The second-order valence-corrected chi connectivity index (χ2v) is 6.23. The van der Waals surface area contributed by atoms with Crippen molar-refractivity contribution in [2.75, 3.05) is 45.4 Å². The summed E-state index contributed by atoms with van der Waals surface area (Å²) in [5.74, 6) is 0. The van der Waals surface area contributed by atoms with Crippen molar-refractivity contribution in [3.05, 3.63) is 10.6 Å². The van der Waals surface area contributed by atoms with E-state index >= 15 is 0 Å². The summed E-state index contributed by atoms with van der Waals surface area (Å²) in [6, 6.07) is 0.284. The van der Waals surface area contributed by atoms with Crippen LogP contribution in [0.15, 0.2) is 0 Å². The SMILES string of the molecule is CCCNCc1sc(N(CCOC)C(C)COC)nc1C. The van der Waals surface area contributed by atoms with Gasteiger partial charge in [0.2, 0.25) is 0 Å². The Kier molecular flexibility index (Phi) is 8.84. The minimum absolute atomic E-state index is 0.284. The van der Waals surface area contributed by atoms with Gasteiger partial charge in [0, 0.05) is 32.2 Å². The summed E-state index contributed by atoms with van der Waals surface area (Å²) in [5.41, 5.74) is 1.12. The molecule has 5 nitrogen and oxygen atoms in total. The summed E-state index contributed by atoms with van der Waals surface area (Å²) in [5, 5.41) is 4.50. The maximum absolute atomic E-state index is 5.28. The lowest BCUT2D eigenvalue weighted by atomic mass is 10.3. The number of nitrogens with zero attached hydrogens (tertiary/aromatic N) is 2. The predicted octanol–water partition coefficient (Wildman–Crippen LogP) is 2.44. The Labute approximate surface area is 132 Å². The topological polar surface area (TPSA) is 46.6 Å². The summed E-state index contributed by atoms with van der Waals surface area (Å²) in [6.07, 6.45) is 1.15. The van der Waals surface area contributed by atoms with Crippen molar-refractivity contribution in [2.45, 2.75) is 39.8 Å². The second-order valence-electron chi connectivity index (χ2n) is 5.17. The van der Waals surface area contributed by atoms with Crippen LogP contribution in [0.3, 0.4) is 0 Å². The first-order chi connectivity index (χ1) is 10.1. The first-order valence-electron chi connectivity index (χ1n) is 7.55. The van der Waals surface area contributed by atoms with E-state index in [1.165, 1.54) is 4.88 Å². The zero-order chi connectivity index (χ0) is 15.7. The number of methoxy groups -OCH3 is 2. The third-order valence-electron chi connectivity index (χ3n) is 3.32. The number of anilines is 1. The average Bonchev–Trinajstić information content (AvgIpc) is 2.81. The Morgan fingerprint density at radius 1 is 1.33 bits per heavy atom. The molecule has 0 saturated heterocycles. The fraction of sp³-hybridized carbons (Fsp3) is 0.800.